The number of ketones is 1. The Bertz CT molecular complexity index is 1680. The highest BCUT2D eigenvalue weighted by molar-refractivity contribution is 6.30. The lowest BCUT2D eigenvalue weighted by molar-refractivity contribution is 0.0953. The zero-order valence-corrected chi connectivity index (χ0v) is 20.8. The Balaban J connectivity index is 1.41. The fraction of sp³-hybridized carbons (Fsp3) is 0.226. The summed E-state index contributed by atoms with van der Waals surface area (Å²) in [5.41, 5.74) is 5.00. The van der Waals surface area contributed by atoms with Gasteiger partial charge in [-0.25, -0.2) is 9.79 Å². The average molecular weight is 490 g/mol. The van der Waals surface area contributed by atoms with Crippen LogP contribution in [-0.2, 0) is 26.9 Å². The molecule has 6 rings (SSSR count). The maximum Gasteiger partial charge on any atom is 0.332 e. The summed E-state index contributed by atoms with van der Waals surface area (Å²) in [4.78, 5) is 44.6. The summed E-state index contributed by atoms with van der Waals surface area (Å²) in [6.07, 6.45) is 2.98. The van der Waals surface area contributed by atoms with Crippen LogP contribution < -0.4 is 11.2 Å². The van der Waals surface area contributed by atoms with Crippen LogP contribution >= 0.6 is 0 Å². The molecule has 0 saturated heterocycles. The zero-order valence-electron chi connectivity index (χ0n) is 20.8. The number of carbonyl (C=O) groups excluding carboxylic acids is 1. The second-order valence-electron chi connectivity index (χ2n) is 9.89. The second-order valence-corrected chi connectivity index (χ2v) is 9.89. The first-order chi connectivity index (χ1) is 18.0. The summed E-state index contributed by atoms with van der Waals surface area (Å²) in [7, 11) is 3.10. The zero-order chi connectivity index (χ0) is 25.7. The quantitative estimate of drug-likeness (QED) is 0.419. The standard InChI is InChI=1S/C31H27N3O3/c1-33-29-26(30(36)34(2)31(33)37)24(25-27(32-29)22-13-6-7-14-23(22)28(25)35)21-17-15-20(16-18-21)12-8-11-19-9-4-3-5-10-19/h3-7,9-10,13-18,24-25H,8,11-12H2,1-2H3/t24-,25+/m0/s1. The predicted octanol–water partition coefficient (Wildman–Crippen LogP) is 4.34. The van der Waals surface area contributed by atoms with E-state index in [-0.39, 0.29) is 5.78 Å². The van der Waals surface area contributed by atoms with Crippen molar-refractivity contribution in [2.75, 3.05) is 0 Å². The van der Waals surface area contributed by atoms with Gasteiger partial charge in [-0.15, -0.1) is 0 Å². The topological polar surface area (TPSA) is 73.4 Å². The molecular formula is C31H27N3O3. The van der Waals surface area contributed by atoms with Gasteiger partial charge in [0.1, 0.15) is 5.82 Å². The van der Waals surface area contributed by atoms with Crippen LogP contribution in [0.25, 0.3) is 0 Å². The van der Waals surface area contributed by atoms with E-state index in [9.17, 15) is 14.4 Å². The van der Waals surface area contributed by atoms with Gasteiger partial charge in [-0.3, -0.25) is 18.7 Å². The minimum absolute atomic E-state index is 0.0344. The van der Waals surface area contributed by atoms with Crippen molar-refractivity contribution in [1.82, 2.24) is 9.13 Å². The van der Waals surface area contributed by atoms with Crippen molar-refractivity contribution in [3.8, 4) is 0 Å². The van der Waals surface area contributed by atoms with Gasteiger partial charge in [-0.2, -0.15) is 0 Å². The summed E-state index contributed by atoms with van der Waals surface area (Å²) >= 11 is 0. The Labute approximate surface area is 214 Å². The predicted molar refractivity (Wildman–Crippen MR) is 144 cm³/mol. The molecule has 2 atom stereocenters. The van der Waals surface area contributed by atoms with Gasteiger partial charge < -0.3 is 0 Å². The number of aliphatic imine (C=N–C) groups is 1. The van der Waals surface area contributed by atoms with Gasteiger partial charge in [-0.05, 0) is 36.0 Å². The Morgan fingerprint density at radius 3 is 2.03 bits per heavy atom. The normalized spacial score (nSPS) is 17.7. The van der Waals surface area contributed by atoms with Crippen molar-refractivity contribution in [3.63, 3.8) is 0 Å². The van der Waals surface area contributed by atoms with Crippen molar-refractivity contribution >= 4 is 17.3 Å². The molecule has 2 aliphatic rings. The van der Waals surface area contributed by atoms with Crippen LogP contribution in [0.5, 0.6) is 0 Å². The smallest absolute Gasteiger partial charge is 0.293 e. The molecule has 37 heavy (non-hydrogen) atoms. The van der Waals surface area contributed by atoms with Gasteiger partial charge in [0.05, 0.1) is 17.2 Å². The molecule has 1 aliphatic heterocycles. The lowest BCUT2D eigenvalue weighted by Gasteiger charge is -2.30. The van der Waals surface area contributed by atoms with E-state index in [0.717, 1.165) is 35.0 Å². The fourth-order valence-electron chi connectivity index (χ4n) is 5.76. The van der Waals surface area contributed by atoms with Gasteiger partial charge in [0.25, 0.3) is 5.56 Å². The molecular weight excluding hydrogens is 462 g/mol. The average Bonchev–Trinajstić information content (AvgIpc) is 3.22. The molecule has 4 aromatic rings. The molecule has 1 aromatic heterocycles. The number of rotatable bonds is 5. The highest BCUT2D eigenvalue weighted by Crippen LogP contribution is 2.46. The number of fused-ring (bicyclic) bond motifs is 4. The summed E-state index contributed by atoms with van der Waals surface area (Å²) in [6.45, 7) is 0. The van der Waals surface area contributed by atoms with E-state index < -0.39 is 23.1 Å². The van der Waals surface area contributed by atoms with E-state index >= 15 is 0 Å². The number of hydrogen-bond acceptors (Lipinski definition) is 4. The van der Waals surface area contributed by atoms with Crippen LogP contribution in [0.4, 0.5) is 5.82 Å². The lowest BCUT2D eigenvalue weighted by Crippen LogP contribution is -2.43. The Hall–Kier alpha value is -4.32. The molecule has 0 unspecified atom stereocenters. The highest BCUT2D eigenvalue weighted by Gasteiger charge is 2.47. The maximum atomic E-state index is 13.7. The van der Waals surface area contributed by atoms with E-state index in [0.29, 0.717) is 22.7 Å². The molecule has 1 aliphatic carbocycles. The van der Waals surface area contributed by atoms with Gasteiger partial charge in [-0.1, -0.05) is 78.9 Å². The molecule has 0 bridgehead atoms. The first-order valence-electron chi connectivity index (χ1n) is 12.6. The summed E-state index contributed by atoms with van der Waals surface area (Å²) in [6, 6.07) is 26.1. The molecule has 0 spiro atoms. The monoisotopic (exact) mass is 489 g/mol. The van der Waals surface area contributed by atoms with Crippen LogP contribution in [0.15, 0.2) is 93.4 Å². The minimum Gasteiger partial charge on any atom is -0.293 e. The van der Waals surface area contributed by atoms with Crippen LogP contribution in [0, 0.1) is 5.92 Å². The van der Waals surface area contributed by atoms with Crippen LogP contribution in [-0.4, -0.2) is 20.6 Å². The molecule has 6 heteroatoms. The SMILES string of the molecule is Cn1c2c(c(=O)n(C)c1=O)[C@@H](c1ccc(CCCc3ccccc3)cc1)[C@H]1C(=O)c3ccccc3C1=N2. The third kappa shape index (κ3) is 3.71. The first kappa shape index (κ1) is 23.1. The van der Waals surface area contributed by atoms with Crippen LogP contribution in [0.1, 0.15) is 50.5 Å². The first-order valence-corrected chi connectivity index (χ1v) is 12.6. The van der Waals surface area contributed by atoms with Crippen molar-refractivity contribution in [3.05, 3.63) is 133 Å². The van der Waals surface area contributed by atoms with E-state index in [1.807, 2.05) is 42.5 Å². The lowest BCUT2D eigenvalue weighted by atomic mass is 9.76. The minimum atomic E-state index is -0.598. The largest absolute Gasteiger partial charge is 0.332 e. The maximum absolute atomic E-state index is 13.7. The third-order valence-corrected chi connectivity index (χ3v) is 7.70. The van der Waals surface area contributed by atoms with Gasteiger partial charge in [0.15, 0.2) is 5.78 Å². The number of aryl methyl sites for hydroxylation is 2. The Morgan fingerprint density at radius 2 is 1.32 bits per heavy atom. The number of nitrogens with zero attached hydrogens (tertiary/aromatic N) is 3. The van der Waals surface area contributed by atoms with Crippen molar-refractivity contribution in [2.45, 2.75) is 25.2 Å². The van der Waals surface area contributed by atoms with E-state index in [1.54, 1.807) is 7.05 Å². The number of carbonyl (C=O) groups is 1. The van der Waals surface area contributed by atoms with E-state index in [4.69, 9.17) is 4.99 Å². The second kappa shape index (κ2) is 8.96. The molecule has 184 valence electrons. The molecule has 2 heterocycles. The number of benzene rings is 3. The van der Waals surface area contributed by atoms with E-state index in [1.165, 1.54) is 22.7 Å². The number of aromatic nitrogens is 2. The molecule has 0 radical (unpaired) electrons. The van der Waals surface area contributed by atoms with Crippen molar-refractivity contribution < 1.29 is 4.79 Å². The Morgan fingerprint density at radius 1 is 0.703 bits per heavy atom. The van der Waals surface area contributed by atoms with Gasteiger partial charge >= 0.3 is 5.69 Å². The molecule has 0 saturated carbocycles. The van der Waals surface area contributed by atoms with Crippen LogP contribution in [0.3, 0.4) is 0 Å². The number of Topliss-reactive ketones (excluding diaryl/α,β-unsaturated/α-hetero) is 1. The molecule has 0 amide bonds. The summed E-state index contributed by atoms with van der Waals surface area (Å²) in [5.74, 6) is -0.820. The summed E-state index contributed by atoms with van der Waals surface area (Å²) < 4.78 is 2.52. The fourth-order valence-corrected chi connectivity index (χ4v) is 5.76. The van der Waals surface area contributed by atoms with Gasteiger partial charge in [0, 0.05) is 31.1 Å². The van der Waals surface area contributed by atoms with Crippen LogP contribution in [0.2, 0.25) is 0 Å². The molecule has 0 N–H and O–H groups in total. The van der Waals surface area contributed by atoms with Gasteiger partial charge in [0.2, 0.25) is 0 Å². The number of hydrogen-bond donors (Lipinski definition) is 0. The van der Waals surface area contributed by atoms with E-state index in [2.05, 4.69) is 36.4 Å². The van der Waals surface area contributed by atoms with Crippen molar-refractivity contribution in [2.24, 2.45) is 25.0 Å². The van der Waals surface area contributed by atoms with Crippen molar-refractivity contribution in [1.29, 1.82) is 0 Å². The Kier molecular flexibility index (Phi) is 5.60. The molecule has 3 aromatic carbocycles. The molecule has 0 fully saturated rings. The molecule has 6 nitrogen and oxygen atoms in total. The summed E-state index contributed by atoms with van der Waals surface area (Å²) in [5, 5.41) is 0. The highest BCUT2D eigenvalue weighted by atomic mass is 16.2. The third-order valence-electron chi connectivity index (χ3n) is 7.70.